The van der Waals surface area contributed by atoms with Crippen LogP contribution in [0.5, 0.6) is 0 Å². The van der Waals surface area contributed by atoms with Crippen molar-refractivity contribution in [3.63, 3.8) is 0 Å². The number of rotatable bonds is 2. The summed E-state index contributed by atoms with van der Waals surface area (Å²) in [5, 5.41) is 10.4. The fourth-order valence-corrected chi connectivity index (χ4v) is 2.14. The lowest BCUT2D eigenvalue weighted by Crippen LogP contribution is -2.14. The maximum atomic E-state index is 12.2. The van der Waals surface area contributed by atoms with Crippen LogP contribution in [0.15, 0.2) is 41.0 Å². The van der Waals surface area contributed by atoms with E-state index >= 15 is 0 Å². The Balaban J connectivity index is 1.91. The zero-order valence-corrected chi connectivity index (χ0v) is 12.2. The van der Waals surface area contributed by atoms with Crippen LogP contribution in [0.1, 0.15) is 16.1 Å². The molecule has 20 heavy (non-hydrogen) atoms. The number of hydrogen-bond donors (Lipinski definition) is 2. The monoisotopic (exact) mass is 330 g/mol. The van der Waals surface area contributed by atoms with Crippen molar-refractivity contribution in [2.75, 3.05) is 5.32 Å². The highest BCUT2D eigenvalue weighted by Gasteiger charge is 2.14. The second-order valence-electron chi connectivity index (χ2n) is 4.39. The molecule has 1 aromatic carbocycles. The molecule has 3 aromatic rings. The van der Waals surface area contributed by atoms with Crippen molar-refractivity contribution >= 4 is 38.6 Å². The Kier molecular flexibility index (Phi) is 3.23. The van der Waals surface area contributed by atoms with Crippen molar-refractivity contribution in [1.29, 1.82) is 0 Å². The van der Waals surface area contributed by atoms with Gasteiger partial charge in [-0.3, -0.25) is 9.89 Å². The van der Waals surface area contributed by atoms with Gasteiger partial charge in [-0.25, -0.2) is 4.98 Å². The Morgan fingerprint density at radius 2 is 2.15 bits per heavy atom. The molecule has 6 heteroatoms. The quantitative estimate of drug-likeness (QED) is 0.757. The van der Waals surface area contributed by atoms with E-state index in [-0.39, 0.29) is 5.91 Å². The van der Waals surface area contributed by atoms with E-state index in [9.17, 15) is 4.79 Å². The van der Waals surface area contributed by atoms with Crippen LogP contribution in [-0.2, 0) is 0 Å². The van der Waals surface area contributed by atoms with Gasteiger partial charge >= 0.3 is 0 Å². The molecule has 100 valence electrons. The maximum absolute atomic E-state index is 12.2. The van der Waals surface area contributed by atoms with Gasteiger partial charge in [0.1, 0.15) is 5.82 Å². The third kappa shape index (κ3) is 2.30. The summed E-state index contributed by atoms with van der Waals surface area (Å²) in [6.07, 6.45) is 1.66. The predicted molar refractivity (Wildman–Crippen MR) is 80.7 cm³/mol. The second kappa shape index (κ2) is 5.05. The average molecular weight is 331 g/mol. The van der Waals surface area contributed by atoms with E-state index in [1.165, 1.54) is 0 Å². The molecule has 0 aliphatic carbocycles. The van der Waals surface area contributed by atoms with Crippen LogP contribution in [0, 0.1) is 6.92 Å². The van der Waals surface area contributed by atoms with Gasteiger partial charge in [0.2, 0.25) is 0 Å². The summed E-state index contributed by atoms with van der Waals surface area (Å²) >= 11 is 3.37. The van der Waals surface area contributed by atoms with Crippen molar-refractivity contribution in [3.05, 3.63) is 52.3 Å². The number of carbonyl (C=O) groups excluding carboxylic acids is 1. The number of nitrogens with zero attached hydrogens (tertiary/aromatic N) is 2. The summed E-state index contributed by atoms with van der Waals surface area (Å²) in [4.78, 5) is 16.4. The van der Waals surface area contributed by atoms with Crippen LogP contribution in [0.3, 0.4) is 0 Å². The molecule has 0 unspecified atom stereocenters. The predicted octanol–water partition coefficient (Wildman–Crippen LogP) is 3.28. The number of aromatic amines is 1. The number of hydrogen-bond acceptors (Lipinski definition) is 3. The highest BCUT2D eigenvalue weighted by atomic mass is 79.9. The van der Waals surface area contributed by atoms with Crippen molar-refractivity contribution in [1.82, 2.24) is 15.2 Å². The van der Waals surface area contributed by atoms with E-state index in [4.69, 9.17) is 0 Å². The molecule has 0 aliphatic heterocycles. The molecule has 2 N–H and O–H groups in total. The SMILES string of the molecule is Cc1cc(NC(=O)c2n[nH]c3ccccc23)ncc1Br. The number of aryl methyl sites for hydroxylation is 1. The van der Waals surface area contributed by atoms with Gasteiger partial charge in [-0.15, -0.1) is 0 Å². The molecule has 3 rings (SSSR count). The molecule has 0 saturated carbocycles. The Hall–Kier alpha value is -2.21. The minimum absolute atomic E-state index is 0.281. The first kappa shape index (κ1) is 12.8. The number of aromatic nitrogens is 3. The molecule has 0 bridgehead atoms. The van der Waals surface area contributed by atoms with Crippen molar-refractivity contribution in [3.8, 4) is 0 Å². The van der Waals surface area contributed by atoms with Gasteiger partial charge in [0.05, 0.1) is 5.52 Å². The van der Waals surface area contributed by atoms with Crippen LogP contribution in [-0.4, -0.2) is 21.1 Å². The lowest BCUT2D eigenvalue weighted by Gasteiger charge is -2.04. The summed E-state index contributed by atoms with van der Waals surface area (Å²) < 4.78 is 0.903. The molecule has 0 fully saturated rings. The van der Waals surface area contributed by atoms with Crippen LogP contribution >= 0.6 is 15.9 Å². The molecule has 1 amide bonds. The third-order valence-corrected chi connectivity index (χ3v) is 3.80. The lowest BCUT2D eigenvalue weighted by atomic mass is 10.2. The summed E-state index contributed by atoms with van der Waals surface area (Å²) in [5.41, 5.74) is 2.20. The second-order valence-corrected chi connectivity index (χ2v) is 5.24. The van der Waals surface area contributed by atoms with Crippen molar-refractivity contribution in [2.24, 2.45) is 0 Å². The first-order valence-corrected chi connectivity index (χ1v) is 6.81. The average Bonchev–Trinajstić information content (AvgIpc) is 2.87. The van der Waals surface area contributed by atoms with E-state index < -0.39 is 0 Å². The summed E-state index contributed by atoms with van der Waals surface area (Å²) in [6, 6.07) is 9.30. The van der Waals surface area contributed by atoms with E-state index in [0.29, 0.717) is 11.5 Å². The van der Waals surface area contributed by atoms with E-state index in [1.807, 2.05) is 31.2 Å². The topological polar surface area (TPSA) is 70.7 Å². The van der Waals surface area contributed by atoms with Gasteiger partial charge in [-0.05, 0) is 40.5 Å². The first-order valence-electron chi connectivity index (χ1n) is 6.02. The van der Waals surface area contributed by atoms with Gasteiger partial charge in [-0.2, -0.15) is 5.10 Å². The largest absolute Gasteiger partial charge is 0.305 e. The molecule has 2 aromatic heterocycles. The van der Waals surface area contributed by atoms with Crippen LogP contribution in [0.2, 0.25) is 0 Å². The minimum atomic E-state index is -0.281. The van der Waals surface area contributed by atoms with Gasteiger partial charge in [0.25, 0.3) is 5.91 Å². The molecule has 0 atom stereocenters. The van der Waals surface area contributed by atoms with Gasteiger partial charge in [-0.1, -0.05) is 18.2 Å². The van der Waals surface area contributed by atoms with Gasteiger partial charge in [0, 0.05) is 16.1 Å². The summed E-state index contributed by atoms with van der Waals surface area (Å²) in [7, 11) is 0. The number of halogens is 1. The lowest BCUT2D eigenvalue weighted by molar-refractivity contribution is 0.102. The molecular weight excluding hydrogens is 320 g/mol. The van der Waals surface area contributed by atoms with Gasteiger partial charge < -0.3 is 5.32 Å². The number of para-hydroxylation sites is 1. The van der Waals surface area contributed by atoms with E-state index in [0.717, 1.165) is 20.9 Å². The minimum Gasteiger partial charge on any atom is -0.305 e. The number of fused-ring (bicyclic) bond motifs is 1. The molecule has 0 radical (unpaired) electrons. The fraction of sp³-hybridized carbons (Fsp3) is 0.0714. The number of pyridine rings is 1. The Morgan fingerprint density at radius 3 is 2.95 bits per heavy atom. The third-order valence-electron chi connectivity index (χ3n) is 2.97. The summed E-state index contributed by atoms with van der Waals surface area (Å²) in [6.45, 7) is 1.94. The van der Waals surface area contributed by atoms with Crippen LogP contribution < -0.4 is 5.32 Å². The number of benzene rings is 1. The maximum Gasteiger partial charge on any atom is 0.277 e. The van der Waals surface area contributed by atoms with E-state index in [2.05, 4.69) is 36.4 Å². The van der Waals surface area contributed by atoms with Gasteiger partial charge in [0.15, 0.2) is 5.69 Å². The Bertz CT molecular complexity index is 797. The number of nitrogens with one attached hydrogen (secondary N) is 2. The zero-order valence-electron chi connectivity index (χ0n) is 10.6. The molecule has 0 saturated heterocycles. The van der Waals surface area contributed by atoms with Crippen LogP contribution in [0.4, 0.5) is 5.82 Å². The zero-order chi connectivity index (χ0) is 14.1. The highest BCUT2D eigenvalue weighted by Crippen LogP contribution is 2.19. The normalized spacial score (nSPS) is 10.7. The smallest absolute Gasteiger partial charge is 0.277 e. The molecule has 0 aliphatic rings. The number of anilines is 1. The van der Waals surface area contributed by atoms with E-state index in [1.54, 1.807) is 12.3 Å². The standard InChI is InChI=1S/C14H11BrN4O/c1-8-6-12(16-7-10(8)15)17-14(20)13-9-4-2-3-5-11(9)18-19-13/h2-7H,1H3,(H,18,19)(H,16,17,20). The van der Waals surface area contributed by atoms with Crippen LogP contribution in [0.25, 0.3) is 10.9 Å². The first-order chi connectivity index (χ1) is 9.65. The number of H-pyrrole nitrogens is 1. The molecule has 2 heterocycles. The Labute approximate surface area is 123 Å². The number of carbonyl (C=O) groups is 1. The van der Waals surface area contributed by atoms with Crippen molar-refractivity contribution in [2.45, 2.75) is 6.92 Å². The number of amides is 1. The molecular formula is C14H11BrN4O. The highest BCUT2D eigenvalue weighted by molar-refractivity contribution is 9.10. The summed E-state index contributed by atoms with van der Waals surface area (Å²) in [5.74, 6) is 0.222. The molecule has 0 spiro atoms. The Morgan fingerprint density at radius 1 is 1.35 bits per heavy atom. The fourth-order valence-electron chi connectivity index (χ4n) is 1.92. The van der Waals surface area contributed by atoms with Crippen molar-refractivity contribution < 1.29 is 4.79 Å². The molecule has 5 nitrogen and oxygen atoms in total.